The van der Waals surface area contributed by atoms with Crippen LogP contribution >= 0.6 is 0 Å². The van der Waals surface area contributed by atoms with Crippen LogP contribution in [0.2, 0.25) is 0 Å². The molecule has 1 atom stereocenters. The monoisotopic (exact) mass is 301 g/mol. The van der Waals surface area contributed by atoms with Gasteiger partial charge in [0.15, 0.2) is 0 Å². The summed E-state index contributed by atoms with van der Waals surface area (Å²) in [5.74, 6) is 0.118. The number of nitrogens with zero attached hydrogens (tertiary/aromatic N) is 2. The number of urea groups is 1. The Morgan fingerprint density at radius 2 is 1.86 bits per heavy atom. The maximum absolute atomic E-state index is 12.2. The fourth-order valence-electron chi connectivity index (χ4n) is 3.19. The summed E-state index contributed by atoms with van der Waals surface area (Å²) in [5.41, 5.74) is 1.12. The zero-order valence-electron chi connectivity index (χ0n) is 12.8. The molecular formula is C17H23N3O2. The van der Waals surface area contributed by atoms with Crippen molar-refractivity contribution in [3.8, 4) is 0 Å². The van der Waals surface area contributed by atoms with Crippen LogP contribution in [0.5, 0.6) is 0 Å². The van der Waals surface area contributed by atoms with Crippen LogP contribution in [-0.4, -0.2) is 47.4 Å². The highest BCUT2D eigenvalue weighted by molar-refractivity contribution is 5.81. The maximum Gasteiger partial charge on any atom is 0.317 e. The van der Waals surface area contributed by atoms with Crippen LogP contribution in [-0.2, 0) is 11.3 Å². The zero-order chi connectivity index (χ0) is 15.4. The molecule has 2 heterocycles. The smallest absolute Gasteiger partial charge is 0.317 e. The van der Waals surface area contributed by atoms with Crippen molar-refractivity contribution < 1.29 is 9.59 Å². The number of benzene rings is 1. The van der Waals surface area contributed by atoms with E-state index >= 15 is 0 Å². The number of likely N-dealkylation sites (tertiary alicyclic amines) is 2. The lowest BCUT2D eigenvalue weighted by Gasteiger charge is -2.28. The van der Waals surface area contributed by atoms with E-state index < -0.39 is 0 Å². The van der Waals surface area contributed by atoms with Gasteiger partial charge in [0.1, 0.15) is 0 Å². The number of rotatable bonds is 3. The summed E-state index contributed by atoms with van der Waals surface area (Å²) in [6.45, 7) is 2.89. The van der Waals surface area contributed by atoms with Gasteiger partial charge >= 0.3 is 6.03 Å². The van der Waals surface area contributed by atoms with E-state index in [1.807, 2.05) is 40.1 Å². The zero-order valence-corrected chi connectivity index (χ0v) is 12.8. The third-order valence-corrected chi connectivity index (χ3v) is 4.40. The fraction of sp³-hybridized carbons (Fsp3) is 0.529. The van der Waals surface area contributed by atoms with E-state index in [9.17, 15) is 9.59 Å². The average Bonchev–Trinajstić information content (AvgIpc) is 2.88. The van der Waals surface area contributed by atoms with E-state index in [4.69, 9.17) is 0 Å². The molecule has 0 aromatic heterocycles. The molecule has 0 radical (unpaired) electrons. The molecule has 2 aliphatic rings. The van der Waals surface area contributed by atoms with Crippen molar-refractivity contribution in [1.29, 1.82) is 0 Å². The molecule has 0 bridgehead atoms. The Balaban J connectivity index is 1.52. The van der Waals surface area contributed by atoms with Gasteiger partial charge in [-0.05, 0) is 24.8 Å². The Hall–Kier alpha value is -2.04. The van der Waals surface area contributed by atoms with Gasteiger partial charge in [0, 0.05) is 32.6 Å². The average molecular weight is 301 g/mol. The topological polar surface area (TPSA) is 52.7 Å². The number of nitrogens with one attached hydrogen (secondary N) is 1. The van der Waals surface area contributed by atoms with Gasteiger partial charge in [-0.3, -0.25) is 4.79 Å². The molecule has 1 aromatic carbocycles. The highest BCUT2D eigenvalue weighted by Gasteiger charge is 2.31. The van der Waals surface area contributed by atoms with Gasteiger partial charge in [0.25, 0.3) is 0 Å². The van der Waals surface area contributed by atoms with E-state index in [1.165, 1.54) is 6.42 Å². The van der Waals surface area contributed by atoms with Crippen LogP contribution in [0.4, 0.5) is 4.79 Å². The minimum absolute atomic E-state index is 0.0148. The normalized spacial score (nSPS) is 22.0. The van der Waals surface area contributed by atoms with E-state index in [0.717, 1.165) is 31.5 Å². The second-order valence-electron chi connectivity index (χ2n) is 6.16. The third-order valence-electron chi connectivity index (χ3n) is 4.40. The number of hydrogen-bond acceptors (Lipinski definition) is 2. The lowest BCUT2D eigenvalue weighted by Crippen LogP contribution is -2.47. The molecular weight excluding hydrogens is 278 g/mol. The van der Waals surface area contributed by atoms with E-state index in [0.29, 0.717) is 19.5 Å². The molecule has 5 nitrogen and oxygen atoms in total. The Morgan fingerprint density at radius 3 is 2.59 bits per heavy atom. The number of carbonyl (C=O) groups excluding carboxylic acids is 2. The van der Waals surface area contributed by atoms with Gasteiger partial charge in [-0.2, -0.15) is 0 Å². The summed E-state index contributed by atoms with van der Waals surface area (Å²) < 4.78 is 0. The molecule has 2 aliphatic heterocycles. The maximum atomic E-state index is 12.2. The lowest BCUT2D eigenvalue weighted by molar-refractivity contribution is -0.128. The predicted molar refractivity (Wildman–Crippen MR) is 84.2 cm³/mol. The second kappa shape index (κ2) is 6.81. The molecule has 3 amide bonds. The van der Waals surface area contributed by atoms with Gasteiger partial charge in [0.2, 0.25) is 5.91 Å². The number of hydrogen-bond donors (Lipinski definition) is 1. The number of carbonyl (C=O) groups is 2. The Labute approximate surface area is 131 Å². The molecule has 0 spiro atoms. The van der Waals surface area contributed by atoms with E-state index in [1.54, 1.807) is 0 Å². The van der Waals surface area contributed by atoms with E-state index in [2.05, 4.69) is 5.32 Å². The van der Waals surface area contributed by atoms with Crippen molar-refractivity contribution in [1.82, 2.24) is 15.1 Å². The van der Waals surface area contributed by atoms with Crippen LogP contribution in [0.25, 0.3) is 0 Å². The summed E-state index contributed by atoms with van der Waals surface area (Å²) in [4.78, 5) is 28.0. The van der Waals surface area contributed by atoms with Gasteiger partial charge in [-0.1, -0.05) is 30.3 Å². The van der Waals surface area contributed by atoms with Crippen molar-refractivity contribution in [2.24, 2.45) is 0 Å². The Bertz CT molecular complexity index is 526. The molecule has 1 N–H and O–H groups in total. The first-order valence-corrected chi connectivity index (χ1v) is 8.09. The standard InChI is InChI=1S/C17H23N3O2/c21-16-11-15(18-17(22)19-9-5-2-6-10-19)13-20(16)12-14-7-3-1-4-8-14/h1,3-4,7-8,15H,2,5-6,9-13H2,(H,18,22). The number of piperidine rings is 1. The molecule has 0 saturated carbocycles. The van der Waals surface area contributed by atoms with Crippen LogP contribution in [0.1, 0.15) is 31.2 Å². The van der Waals surface area contributed by atoms with Gasteiger partial charge < -0.3 is 15.1 Å². The van der Waals surface area contributed by atoms with Gasteiger partial charge in [-0.15, -0.1) is 0 Å². The first-order chi connectivity index (χ1) is 10.7. The highest BCUT2D eigenvalue weighted by atomic mass is 16.2. The van der Waals surface area contributed by atoms with Gasteiger partial charge in [0.05, 0.1) is 6.04 Å². The molecule has 1 aromatic rings. The van der Waals surface area contributed by atoms with Crippen molar-refractivity contribution in [2.75, 3.05) is 19.6 Å². The first kappa shape index (κ1) is 14.9. The van der Waals surface area contributed by atoms with Gasteiger partial charge in [-0.25, -0.2) is 4.79 Å². The molecule has 2 fully saturated rings. The van der Waals surface area contributed by atoms with Crippen LogP contribution < -0.4 is 5.32 Å². The predicted octanol–water partition coefficient (Wildman–Crippen LogP) is 1.98. The van der Waals surface area contributed by atoms with Crippen LogP contribution in [0.3, 0.4) is 0 Å². The lowest BCUT2D eigenvalue weighted by atomic mass is 10.1. The van der Waals surface area contributed by atoms with E-state index in [-0.39, 0.29) is 18.0 Å². The molecule has 5 heteroatoms. The minimum Gasteiger partial charge on any atom is -0.336 e. The molecule has 22 heavy (non-hydrogen) atoms. The molecule has 3 rings (SSSR count). The summed E-state index contributed by atoms with van der Waals surface area (Å²) in [6.07, 6.45) is 3.78. The molecule has 2 saturated heterocycles. The SMILES string of the molecule is O=C1CC(NC(=O)N2CCCCC2)CN1Cc1ccccc1. The Morgan fingerprint density at radius 1 is 1.14 bits per heavy atom. The quantitative estimate of drug-likeness (QED) is 0.928. The Kier molecular flexibility index (Phi) is 4.61. The molecule has 118 valence electrons. The summed E-state index contributed by atoms with van der Waals surface area (Å²) in [6, 6.07) is 9.89. The molecule has 1 unspecified atom stereocenters. The summed E-state index contributed by atoms with van der Waals surface area (Å²) in [7, 11) is 0. The third kappa shape index (κ3) is 3.59. The number of amides is 3. The van der Waals surface area contributed by atoms with Crippen molar-refractivity contribution >= 4 is 11.9 Å². The van der Waals surface area contributed by atoms with Crippen molar-refractivity contribution in [2.45, 2.75) is 38.3 Å². The first-order valence-electron chi connectivity index (χ1n) is 8.09. The minimum atomic E-state index is -0.0642. The van der Waals surface area contributed by atoms with Crippen LogP contribution in [0, 0.1) is 0 Å². The summed E-state index contributed by atoms with van der Waals surface area (Å²) in [5, 5.41) is 3.02. The highest BCUT2D eigenvalue weighted by Crippen LogP contribution is 2.16. The molecule has 0 aliphatic carbocycles. The second-order valence-corrected chi connectivity index (χ2v) is 6.16. The largest absolute Gasteiger partial charge is 0.336 e. The van der Waals surface area contributed by atoms with Crippen LogP contribution in [0.15, 0.2) is 30.3 Å². The summed E-state index contributed by atoms with van der Waals surface area (Å²) >= 11 is 0. The van der Waals surface area contributed by atoms with Crippen molar-refractivity contribution in [3.05, 3.63) is 35.9 Å². The van der Waals surface area contributed by atoms with Crippen molar-refractivity contribution in [3.63, 3.8) is 0 Å². The fourth-order valence-corrected chi connectivity index (χ4v) is 3.19.